The third-order valence-electron chi connectivity index (χ3n) is 5.59. The number of carbonyl (C=O) groups excluding carboxylic acids is 1. The normalized spacial score (nSPS) is 22.3. The van der Waals surface area contributed by atoms with E-state index < -0.39 is 0 Å². The minimum atomic E-state index is -0.136. The van der Waals surface area contributed by atoms with Crippen LogP contribution in [0, 0.1) is 5.92 Å². The molecule has 0 spiro atoms. The second-order valence-corrected chi connectivity index (χ2v) is 7.43. The van der Waals surface area contributed by atoms with Gasteiger partial charge in [-0.25, -0.2) is 9.97 Å². The monoisotopic (exact) mass is 345 g/mol. The molecule has 1 atom stereocenters. The largest absolute Gasteiger partial charge is 0.303 e. The standard InChI is InChI=1S/C19H31N5O/c1-16(18(25)22-19-20-9-6-10-21-19)24-13-7-17(8-14-24)15-23-11-4-2-3-5-12-23/h6,9-10,16-17H,2-5,7-8,11-15H2,1H3,(H,20,21,22,25)/t16-/m1/s1. The molecule has 2 saturated heterocycles. The van der Waals surface area contributed by atoms with Crippen molar-refractivity contribution in [1.29, 1.82) is 0 Å². The second-order valence-electron chi connectivity index (χ2n) is 7.43. The van der Waals surface area contributed by atoms with Crippen molar-refractivity contribution in [3.63, 3.8) is 0 Å². The van der Waals surface area contributed by atoms with Crippen LogP contribution in [0.4, 0.5) is 5.95 Å². The lowest BCUT2D eigenvalue weighted by atomic mass is 9.95. The van der Waals surface area contributed by atoms with E-state index in [1.807, 2.05) is 6.92 Å². The lowest BCUT2D eigenvalue weighted by Gasteiger charge is -2.37. The van der Waals surface area contributed by atoms with E-state index in [0.717, 1.165) is 19.0 Å². The van der Waals surface area contributed by atoms with Crippen molar-refractivity contribution in [3.05, 3.63) is 18.5 Å². The first-order valence-corrected chi connectivity index (χ1v) is 9.76. The Labute approximate surface area is 151 Å². The average Bonchev–Trinajstić information content (AvgIpc) is 2.91. The first-order valence-electron chi connectivity index (χ1n) is 9.76. The van der Waals surface area contributed by atoms with Gasteiger partial charge in [-0.1, -0.05) is 12.8 Å². The maximum absolute atomic E-state index is 12.4. The number of likely N-dealkylation sites (tertiary alicyclic amines) is 2. The third kappa shape index (κ3) is 5.47. The molecular formula is C19H31N5O. The summed E-state index contributed by atoms with van der Waals surface area (Å²) >= 11 is 0. The molecule has 2 aliphatic heterocycles. The van der Waals surface area contributed by atoms with E-state index in [9.17, 15) is 4.79 Å². The highest BCUT2D eigenvalue weighted by atomic mass is 16.2. The zero-order valence-corrected chi connectivity index (χ0v) is 15.4. The molecule has 6 heteroatoms. The fourth-order valence-electron chi connectivity index (χ4n) is 3.95. The molecule has 2 fully saturated rings. The van der Waals surface area contributed by atoms with E-state index in [1.54, 1.807) is 18.5 Å². The highest BCUT2D eigenvalue weighted by Crippen LogP contribution is 2.22. The van der Waals surface area contributed by atoms with Crippen LogP contribution in [0.25, 0.3) is 0 Å². The molecule has 138 valence electrons. The molecule has 1 aromatic heterocycles. The number of hydrogen-bond acceptors (Lipinski definition) is 5. The summed E-state index contributed by atoms with van der Waals surface area (Å²) in [5, 5.41) is 2.81. The van der Waals surface area contributed by atoms with Crippen molar-refractivity contribution >= 4 is 11.9 Å². The van der Waals surface area contributed by atoms with E-state index in [2.05, 4.69) is 25.1 Å². The van der Waals surface area contributed by atoms with Gasteiger partial charge in [0.2, 0.25) is 11.9 Å². The van der Waals surface area contributed by atoms with E-state index in [1.165, 1.54) is 58.2 Å². The Morgan fingerprint density at radius 1 is 1.12 bits per heavy atom. The zero-order valence-electron chi connectivity index (χ0n) is 15.4. The van der Waals surface area contributed by atoms with Gasteiger partial charge in [-0.2, -0.15) is 0 Å². The van der Waals surface area contributed by atoms with Crippen LogP contribution in [0.1, 0.15) is 45.4 Å². The summed E-state index contributed by atoms with van der Waals surface area (Å²) < 4.78 is 0. The molecule has 0 saturated carbocycles. The number of aromatic nitrogens is 2. The van der Waals surface area contributed by atoms with Gasteiger partial charge in [0.25, 0.3) is 0 Å². The Morgan fingerprint density at radius 3 is 2.40 bits per heavy atom. The number of piperidine rings is 1. The van der Waals surface area contributed by atoms with Gasteiger partial charge >= 0.3 is 0 Å². The molecule has 6 nitrogen and oxygen atoms in total. The molecule has 1 N–H and O–H groups in total. The Hall–Kier alpha value is -1.53. The number of amides is 1. The van der Waals surface area contributed by atoms with E-state index in [0.29, 0.717) is 5.95 Å². The van der Waals surface area contributed by atoms with Gasteiger partial charge < -0.3 is 4.90 Å². The number of carbonyl (C=O) groups is 1. The lowest BCUT2D eigenvalue weighted by Crippen LogP contribution is -2.47. The van der Waals surface area contributed by atoms with Crippen molar-refractivity contribution in [2.24, 2.45) is 5.92 Å². The summed E-state index contributed by atoms with van der Waals surface area (Å²) in [7, 11) is 0. The van der Waals surface area contributed by atoms with Gasteiger partial charge in [0, 0.05) is 18.9 Å². The molecule has 0 unspecified atom stereocenters. The van der Waals surface area contributed by atoms with Gasteiger partial charge in [0.1, 0.15) is 0 Å². The molecule has 0 aromatic carbocycles. The average molecular weight is 345 g/mol. The van der Waals surface area contributed by atoms with E-state index >= 15 is 0 Å². The molecular weight excluding hydrogens is 314 g/mol. The van der Waals surface area contributed by atoms with Crippen LogP contribution >= 0.6 is 0 Å². The van der Waals surface area contributed by atoms with E-state index in [4.69, 9.17) is 0 Å². The van der Waals surface area contributed by atoms with Crippen LogP contribution in [0.3, 0.4) is 0 Å². The summed E-state index contributed by atoms with van der Waals surface area (Å²) in [5.74, 6) is 1.15. The topological polar surface area (TPSA) is 61.4 Å². The molecule has 25 heavy (non-hydrogen) atoms. The molecule has 0 bridgehead atoms. The highest BCUT2D eigenvalue weighted by Gasteiger charge is 2.28. The quantitative estimate of drug-likeness (QED) is 0.888. The second kappa shape index (κ2) is 9.25. The predicted molar refractivity (Wildman–Crippen MR) is 99.3 cm³/mol. The molecule has 0 aliphatic carbocycles. The van der Waals surface area contributed by atoms with Crippen molar-refractivity contribution in [3.8, 4) is 0 Å². The van der Waals surface area contributed by atoms with Crippen molar-refractivity contribution in [1.82, 2.24) is 19.8 Å². The number of rotatable bonds is 5. The summed E-state index contributed by atoms with van der Waals surface area (Å²) in [6, 6.07) is 1.61. The van der Waals surface area contributed by atoms with Crippen molar-refractivity contribution in [2.45, 2.75) is 51.5 Å². The Kier molecular flexibility index (Phi) is 6.76. The number of nitrogens with one attached hydrogen (secondary N) is 1. The Balaban J connectivity index is 1.42. The minimum Gasteiger partial charge on any atom is -0.303 e. The maximum Gasteiger partial charge on any atom is 0.243 e. The van der Waals surface area contributed by atoms with Crippen LogP contribution < -0.4 is 5.32 Å². The molecule has 3 rings (SSSR count). The van der Waals surface area contributed by atoms with E-state index in [-0.39, 0.29) is 11.9 Å². The van der Waals surface area contributed by atoms with Gasteiger partial charge in [0.15, 0.2) is 0 Å². The van der Waals surface area contributed by atoms with Crippen molar-refractivity contribution < 1.29 is 4.79 Å². The predicted octanol–water partition coefficient (Wildman–Crippen LogP) is 2.39. The summed E-state index contributed by atoms with van der Waals surface area (Å²) in [4.78, 5) is 25.5. The van der Waals surface area contributed by atoms with Gasteiger partial charge in [-0.3, -0.25) is 15.0 Å². The summed E-state index contributed by atoms with van der Waals surface area (Å²) in [6.07, 6.45) is 11.2. The lowest BCUT2D eigenvalue weighted by molar-refractivity contribution is -0.121. The number of hydrogen-bond donors (Lipinski definition) is 1. The van der Waals surface area contributed by atoms with Crippen LogP contribution in [-0.2, 0) is 4.79 Å². The van der Waals surface area contributed by atoms with Gasteiger partial charge in [-0.05, 0) is 70.8 Å². The highest BCUT2D eigenvalue weighted by molar-refractivity contribution is 5.93. The first-order chi connectivity index (χ1) is 12.2. The van der Waals surface area contributed by atoms with Crippen LogP contribution in [-0.4, -0.2) is 64.4 Å². The fourth-order valence-corrected chi connectivity index (χ4v) is 3.95. The van der Waals surface area contributed by atoms with Crippen LogP contribution in [0.5, 0.6) is 0 Å². The molecule has 3 heterocycles. The summed E-state index contributed by atoms with van der Waals surface area (Å²) in [6.45, 7) is 7.78. The smallest absolute Gasteiger partial charge is 0.243 e. The zero-order chi connectivity index (χ0) is 17.5. The summed E-state index contributed by atoms with van der Waals surface area (Å²) in [5.41, 5.74) is 0. The van der Waals surface area contributed by atoms with Crippen LogP contribution in [0.2, 0.25) is 0 Å². The fraction of sp³-hybridized carbons (Fsp3) is 0.737. The number of nitrogens with zero attached hydrogens (tertiary/aromatic N) is 4. The Morgan fingerprint density at radius 2 is 1.76 bits per heavy atom. The van der Waals surface area contributed by atoms with Crippen LogP contribution in [0.15, 0.2) is 18.5 Å². The minimum absolute atomic E-state index is 0.0165. The van der Waals surface area contributed by atoms with Gasteiger partial charge in [-0.15, -0.1) is 0 Å². The van der Waals surface area contributed by atoms with Gasteiger partial charge in [0.05, 0.1) is 6.04 Å². The maximum atomic E-state index is 12.4. The molecule has 1 amide bonds. The third-order valence-corrected chi connectivity index (χ3v) is 5.59. The van der Waals surface area contributed by atoms with Crippen molar-refractivity contribution in [2.75, 3.05) is 38.0 Å². The molecule has 2 aliphatic rings. The SMILES string of the molecule is C[C@H](C(=O)Nc1ncccn1)N1CCC(CN2CCCCCC2)CC1. The number of anilines is 1. The Bertz CT molecular complexity index is 522. The first kappa shape index (κ1) is 18.3. The molecule has 1 aromatic rings. The molecule has 0 radical (unpaired) electrons.